The van der Waals surface area contributed by atoms with Crippen molar-refractivity contribution >= 4 is 0 Å². The largest absolute Gasteiger partial charge is 0.319 e. The average molecular weight is 137 g/mol. The Kier molecular flexibility index (Phi) is 2.83. The van der Waals surface area contributed by atoms with Gasteiger partial charge in [0, 0.05) is 6.20 Å². The zero-order valence-electron chi connectivity index (χ0n) is 6.04. The molecular weight excluding hydrogens is 126 g/mol. The summed E-state index contributed by atoms with van der Waals surface area (Å²) in [4.78, 5) is 0. The highest BCUT2D eigenvalue weighted by atomic mass is 15.1. The first-order valence-corrected chi connectivity index (χ1v) is 3.33. The van der Waals surface area contributed by atoms with Crippen molar-refractivity contribution in [2.45, 2.75) is 6.42 Å². The number of nitrogens with one attached hydrogen (secondary N) is 1. The molecule has 3 nitrogen and oxygen atoms in total. The Morgan fingerprint density at radius 3 is 3.00 bits per heavy atom. The summed E-state index contributed by atoms with van der Waals surface area (Å²) in [5.41, 5.74) is 1.23. The van der Waals surface area contributed by atoms with Gasteiger partial charge in [-0.15, -0.1) is 0 Å². The van der Waals surface area contributed by atoms with Gasteiger partial charge in [-0.3, -0.25) is 0 Å². The minimum atomic E-state index is 0.992. The van der Waals surface area contributed by atoms with E-state index in [4.69, 9.17) is 0 Å². The van der Waals surface area contributed by atoms with E-state index in [1.54, 1.807) is 12.4 Å². The molecule has 0 saturated heterocycles. The van der Waals surface area contributed by atoms with Gasteiger partial charge in [0.05, 0.1) is 6.20 Å². The molecule has 0 aliphatic carbocycles. The topological polar surface area (TPSA) is 37.8 Å². The molecule has 1 N–H and O–H groups in total. The zero-order chi connectivity index (χ0) is 7.23. The fourth-order valence-electron chi connectivity index (χ4n) is 0.735. The summed E-state index contributed by atoms with van der Waals surface area (Å²) in [6, 6.07) is 1.98. The number of likely N-dealkylation sites (N-methyl/N-ethyl adjacent to an activating group) is 1. The smallest absolute Gasteiger partial charge is 0.0528 e. The molecule has 0 bridgehead atoms. The molecule has 0 spiro atoms. The van der Waals surface area contributed by atoms with Gasteiger partial charge in [-0.2, -0.15) is 10.2 Å². The first kappa shape index (κ1) is 7.15. The van der Waals surface area contributed by atoms with E-state index in [2.05, 4.69) is 15.5 Å². The van der Waals surface area contributed by atoms with Crippen molar-refractivity contribution in [2.75, 3.05) is 13.6 Å². The summed E-state index contributed by atoms with van der Waals surface area (Å²) in [6.07, 6.45) is 4.52. The molecule has 0 fully saturated rings. The van der Waals surface area contributed by atoms with Crippen LogP contribution in [0.2, 0.25) is 0 Å². The van der Waals surface area contributed by atoms with Crippen LogP contribution in [0.4, 0.5) is 0 Å². The fraction of sp³-hybridized carbons (Fsp3) is 0.429. The molecule has 1 heterocycles. The van der Waals surface area contributed by atoms with Crippen LogP contribution in [0, 0.1) is 0 Å². The molecule has 10 heavy (non-hydrogen) atoms. The molecule has 54 valence electrons. The lowest BCUT2D eigenvalue weighted by Crippen LogP contribution is -2.10. The molecule has 0 radical (unpaired) electrons. The minimum Gasteiger partial charge on any atom is -0.319 e. The van der Waals surface area contributed by atoms with E-state index in [1.165, 1.54) is 5.56 Å². The number of nitrogens with zero attached hydrogens (tertiary/aromatic N) is 2. The Hall–Kier alpha value is -0.960. The maximum absolute atomic E-state index is 3.76. The van der Waals surface area contributed by atoms with Crippen molar-refractivity contribution in [1.82, 2.24) is 15.5 Å². The molecule has 0 aromatic carbocycles. The highest BCUT2D eigenvalue weighted by Crippen LogP contribution is 1.92. The van der Waals surface area contributed by atoms with Gasteiger partial charge in [0.15, 0.2) is 0 Å². The lowest BCUT2D eigenvalue weighted by Gasteiger charge is -1.96. The third kappa shape index (κ3) is 2.11. The standard InChI is InChI=1S/C7H11N3/c1-8-4-2-7-3-5-9-10-6-7/h3,5-6,8H,2,4H2,1H3. The van der Waals surface area contributed by atoms with Crippen LogP contribution >= 0.6 is 0 Å². The van der Waals surface area contributed by atoms with Crippen molar-refractivity contribution < 1.29 is 0 Å². The van der Waals surface area contributed by atoms with Crippen LogP contribution in [-0.2, 0) is 6.42 Å². The van der Waals surface area contributed by atoms with E-state index < -0.39 is 0 Å². The highest BCUT2D eigenvalue weighted by molar-refractivity contribution is 5.05. The first-order chi connectivity index (χ1) is 4.93. The van der Waals surface area contributed by atoms with Gasteiger partial charge < -0.3 is 5.32 Å². The Balaban J connectivity index is 2.43. The molecule has 0 saturated carbocycles. The Morgan fingerprint density at radius 1 is 1.50 bits per heavy atom. The van der Waals surface area contributed by atoms with Gasteiger partial charge in [0.1, 0.15) is 0 Å². The molecule has 0 unspecified atom stereocenters. The normalized spacial score (nSPS) is 9.70. The monoisotopic (exact) mass is 137 g/mol. The van der Waals surface area contributed by atoms with Crippen molar-refractivity contribution in [2.24, 2.45) is 0 Å². The van der Waals surface area contributed by atoms with E-state index in [1.807, 2.05) is 13.1 Å². The van der Waals surface area contributed by atoms with Crippen LogP contribution in [0.1, 0.15) is 5.56 Å². The highest BCUT2D eigenvalue weighted by Gasteiger charge is 1.88. The fourth-order valence-corrected chi connectivity index (χ4v) is 0.735. The second-order valence-corrected chi connectivity index (χ2v) is 2.10. The maximum Gasteiger partial charge on any atom is 0.0528 e. The molecule has 0 atom stereocenters. The van der Waals surface area contributed by atoms with Gasteiger partial charge in [-0.05, 0) is 31.6 Å². The van der Waals surface area contributed by atoms with Crippen molar-refractivity contribution in [3.63, 3.8) is 0 Å². The van der Waals surface area contributed by atoms with E-state index in [0.717, 1.165) is 13.0 Å². The Labute approximate surface area is 60.5 Å². The second kappa shape index (κ2) is 3.95. The van der Waals surface area contributed by atoms with Crippen LogP contribution in [0.5, 0.6) is 0 Å². The SMILES string of the molecule is CNCCc1ccnnc1. The van der Waals surface area contributed by atoms with Crippen molar-refractivity contribution in [3.8, 4) is 0 Å². The van der Waals surface area contributed by atoms with Gasteiger partial charge in [-0.1, -0.05) is 0 Å². The minimum absolute atomic E-state index is 0.992. The van der Waals surface area contributed by atoms with E-state index in [-0.39, 0.29) is 0 Å². The van der Waals surface area contributed by atoms with Crippen LogP contribution in [0.25, 0.3) is 0 Å². The predicted octanol–water partition coefficient (Wildman–Crippen LogP) is 0.238. The van der Waals surface area contributed by atoms with Crippen LogP contribution in [-0.4, -0.2) is 23.8 Å². The van der Waals surface area contributed by atoms with Gasteiger partial charge >= 0.3 is 0 Å². The van der Waals surface area contributed by atoms with Gasteiger partial charge in [-0.25, -0.2) is 0 Å². The van der Waals surface area contributed by atoms with E-state index >= 15 is 0 Å². The molecule has 3 heteroatoms. The Bertz CT molecular complexity index is 173. The molecule has 0 aliphatic rings. The van der Waals surface area contributed by atoms with E-state index in [9.17, 15) is 0 Å². The summed E-state index contributed by atoms with van der Waals surface area (Å²) in [5, 5.41) is 10.5. The quantitative estimate of drug-likeness (QED) is 0.648. The molecule has 1 aromatic heterocycles. The van der Waals surface area contributed by atoms with Gasteiger partial charge in [0.2, 0.25) is 0 Å². The Morgan fingerprint density at radius 2 is 2.40 bits per heavy atom. The summed E-state index contributed by atoms with van der Waals surface area (Å²) in [7, 11) is 1.94. The lowest BCUT2D eigenvalue weighted by molar-refractivity contribution is 0.785. The maximum atomic E-state index is 3.76. The third-order valence-corrected chi connectivity index (χ3v) is 1.31. The first-order valence-electron chi connectivity index (χ1n) is 3.33. The molecular formula is C7H11N3. The summed E-state index contributed by atoms with van der Waals surface area (Å²) in [5.74, 6) is 0. The predicted molar refractivity (Wildman–Crippen MR) is 39.7 cm³/mol. The summed E-state index contributed by atoms with van der Waals surface area (Å²) in [6.45, 7) is 0.992. The number of hydrogen-bond acceptors (Lipinski definition) is 3. The number of aromatic nitrogens is 2. The van der Waals surface area contributed by atoms with Crippen molar-refractivity contribution in [3.05, 3.63) is 24.0 Å². The summed E-state index contributed by atoms with van der Waals surface area (Å²) < 4.78 is 0. The van der Waals surface area contributed by atoms with Crippen LogP contribution in [0.3, 0.4) is 0 Å². The lowest BCUT2D eigenvalue weighted by atomic mass is 10.2. The average Bonchev–Trinajstić information content (AvgIpc) is 2.03. The number of rotatable bonds is 3. The van der Waals surface area contributed by atoms with Crippen molar-refractivity contribution in [1.29, 1.82) is 0 Å². The molecule has 1 aromatic rings. The summed E-state index contributed by atoms with van der Waals surface area (Å²) >= 11 is 0. The second-order valence-electron chi connectivity index (χ2n) is 2.10. The van der Waals surface area contributed by atoms with Crippen LogP contribution in [0.15, 0.2) is 18.5 Å². The van der Waals surface area contributed by atoms with E-state index in [0.29, 0.717) is 0 Å². The molecule has 0 amide bonds. The molecule has 0 aliphatic heterocycles. The zero-order valence-corrected chi connectivity index (χ0v) is 6.04. The van der Waals surface area contributed by atoms with Gasteiger partial charge in [0.25, 0.3) is 0 Å². The molecule has 1 rings (SSSR count). The number of hydrogen-bond donors (Lipinski definition) is 1. The third-order valence-electron chi connectivity index (χ3n) is 1.31. The van der Waals surface area contributed by atoms with Crippen LogP contribution < -0.4 is 5.32 Å².